The number of amides is 2. The summed E-state index contributed by atoms with van der Waals surface area (Å²) in [5.74, 6) is 0.0255. The van der Waals surface area contributed by atoms with Crippen LogP contribution in [0.25, 0.3) is 0 Å². The number of likely N-dealkylation sites (N-methyl/N-ethyl adjacent to an activating group) is 1. The van der Waals surface area contributed by atoms with Crippen molar-refractivity contribution in [3.63, 3.8) is 0 Å². The highest BCUT2D eigenvalue weighted by Crippen LogP contribution is 2.36. The molecule has 1 fully saturated rings. The molecule has 4 nitrogen and oxygen atoms in total. The predicted molar refractivity (Wildman–Crippen MR) is 125 cm³/mol. The van der Waals surface area contributed by atoms with Gasteiger partial charge in [0.25, 0.3) is 5.91 Å². The van der Waals surface area contributed by atoms with Gasteiger partial charge >= 0.3 is 0 Å². The van der Waals surface area contributed by atoms with Crippen LogP contribution in [0, 0.1) is 0 Å². The molecule has 1 atom stereocenters. The smallest absolute Gasteiger partial charge is 0.251 e. The van der Waals surface area contributed by atoms with E-state index in [1.54, 1.807) is 16.7 Å². The number of hydrogen-bond donors (Lipinski definition) is 1. The summed E-state index contributed by atoms with van der Waals surface area (Å²) < 4.78 is 0. The zero-order chi connectivity index (χ0) is 21.6. The van der Waals surface area contributed by atoms with Gasteiger partial charge in [-0.2, -0.15) is 0 Å². The molecule has 1 N–H and O–H groups in total. The van der Waals surface area contributed by atoms with Crippen molar-refractivity contribution in [3.05, 3.63) is 102 Å². The minimum Gasteiger partial charge on any atom is -0.349 e. The number of carbonyl (C=O) groups is 2. The first-order chi connectivity index (χ1) is 15.1. The van der Waals surface area contributed by atoms with Crippen molar-refractivity contribution in [2.24, 2.45) is 0 Å². The maximum Gasteiger partial charge on any atom is 0.251 e. The minimum absolute atomic E-state index is 0.0260. The molecule has 0 aromatic heterocycles. The van der Waals surface area contributed by atoms with Crippen molar-refractivity contribution in [1.82, 2.24) is 10.2 Å². The third-order valence-electron chi connectivity index (χ3n) is 5.25. The summed E-state index contributed by atoms with van der Waals surface area (Å²) in [6, 6.07) is 27.7. The Bertz CT molecular complexity index is 1020. The molecule has 0 radical (unpaired) electrons. The van der Waals surface area contributed by atoms with Crippen molar-refractivity contribution in [1.29, 1.82) is 0 Å². The fourth-order valence-electron chi connectivity index (χ4n) is 3.33. The lowest BCUT2D eigenvalue weighted by molar-refractivity contribution is -0.129. The molecular weight excluding hydrogens is 404 g/mol. The van der Waals surface area contributed by atoms with Gasteiger partial charge in [0.05, 0.1) is 0 Å². The van der Waals surface area contributed by atoms with E-state index in [2.05, 4.69) is 5.32 Å². The Kier molecular flexibility index (Phi) is 6.73. The zero-order valence-electron chi connectivity index (χ0n) is 17.5. The Labute approximate surface area is 187 Å². The summed E-state index contributed by atoms with van der Waals surface area (Å²) in [6.45, 7) is 0.488. The van der Waals surface area contributed by atoms with Gasteiger partial charge in [0.2, 0.25) is 5.91 Å². The number of hydrogen-bond acceptors (Lipinski definition) is 3. The van der Waals surface area contributed by atoms with Gasteiger partial charge in [0.15, 0.2) is 0 Å². The fourth-order valence-corrected chi connectivity index (χ4v) is 4.49. The Balaban J connectivity index is 1.45. The molecule has 31 heavy (non-hydrogen) atoms. The highest BCUT2D eigenvalue weighted by molar-refractivity contribution is 8.00. The van der Waals surface area contributed by atoms with Crippen LogP contribution < -0.4 is 5.32 Å². The number of rotatable bonds is 8. The molecular formula is C26H26N2O2S. The van der Waals surface area contributed by atoms with Gasteiger partial charge in [-0.25, -0.2) is 0 Å². The normalized spacial score (nSPS) is 14.0. The molecule has 0 aliphatic heterocycles. The number of carbonyl (C=O) groups excluding carboxylic acids is 2. The highest BCUT2D eigenvalue weighted by atomic mass is 32.2. The van der Waals surface area contributed by atoms with Crippen molar-refractivity contribution in [2.75, 3.05) is 7.05 Å². The van der Waals surface area contributed by atoms with E-state index in [4.69, 9.17) is 0 Å². The lowest BCUT2D eigenvalue weighted by atomic mass is 10.1. The van der Waals surface area contributed by atoms with Crippen LogP contribution in [0.2, 0.25) is 0 Å². The molecule has 0 unspecified atom stereocenters. The standard InChI is InChI=1S/C26H26N2O2S/c1-28(18-19-12-14-21(15-13-19)25(29)27-22-16-17-22)26(30)24(20-8-4-2-5-9-20)31-23-10-6-3-7-11-23/h2-15,22,24H,16-18H2,1H3,(H,27,29)/t24-/m1/s1. The van der Waals surface area contributed by atoms with Crippen LogP contribution in [-0.2, 0) is 11.3 Å². The summed E-state index contributed by atoms with van der Waals surface area (Å²) in [7, 11) is 1.83. The van der Waals surface area contributed by atoms with E-state index in [1.807, 2.05) is 92.0 Å². The van der Waals surface area contributed by atoms with Gasteiger partial charge < -0.3 is 10.2 Å². The first-order valence-corrected chi connectivity index (χ1v) is 11.4. The molecule has 0 saturated heterocycles. The maximum absolute atomic E-state index is 13.4. The van der Waals surface area contributed by atoms with Gasteiger partial charge in [0.1, 0.15) is 5.25 Å². The minimum atomic E-state index is -0.322. The van der Waals surface area contributed by atoms with E-state index in [-0.39, 0.29) is 17.1 Å². The Hall–Kier alpha value is -3.05. The summed E-state index contributed by atoms with van der Waals surface area (Å²) >= 11 is 1.56. The summed E-state index contributed by atoms with van der Waals surface area (Å²) in [4.78, 5) is 28.4. The summed E-state index contributed by atoms with van der Waals surface area (Å²) in [6.07, 6.45) is 2.14. The summed E-state index contributed by atoms with van der Waals surface area (Å²) in [5, 5.41) is 2.68. The van der Waals surface area contributed by atoms with Crippen LogP contribution in [0.4, 0.5) is 0 Å². The van der Waals surface area contributed by atoms with Crippen molar-refractivity contribution in [2.45, 2.75) is 35.6 Å². The highest BCUT2D eigenvalue weighted by Gasteiger charge is 2.26. The van der Waals surface area contributed by atoms with Crippen molar-refractivity contribution < 1.29 is 9.59 Å². The maximum atomic E-state index is 13.4. The zero-order valence-corrected chi connectivity index (χ0v) is 18.3. The van der Waals surface area contributed by atoms with E-state index in [1.165, 1.54) is 0 Å². The van der Waals surface area contributed by atoms with E-state index in [9.17, 15) is 9.59 Å². The van der Waals surface area contributed by atoms with Crippen LogP contribution in [0.1, 0.15) is 39.6 Å². The van der Waals surface area contributed by atoms with Crippen LogP contribution in [0.15, 0.2) is 89.8 Å². The third-order valence-corrected chi connectivity index (χ3v) is 6.50. The van der Waals surface area contributed by atoms with E-state index in [0.29, 0.717) is 18.2 Å². The predicted octanol–water partition coefficient (Wildman–Crippen LogP) is 5.07. The quantitative estimate of drug-likeness (QED) is 0.508. The van der Waals surface area contributed by atoms with Crippen LogP contribution >= 0.6 is 11.8 Å². The molecule has 5 heteroatoms. The molecule has 1 aliphatic rings. The number of benzene rings is 3. The molecule has 0 bridgehead atoms. The second kappa shape index (κ2) is 9.84. The largest absolute Gasteiger partial charge is 0.349 e. The Morgan fingerprint density at radius 3 is 2.16 bits per heavy atom. The average Bonchev–Trinajstić information content (AvgIpc) is 3.62. The Morgan fingerprint density at radius 2 is 1.55 bits per heavy atom. The molecule has 0 spiro atoms. The molecule has 1 saturated carbocycles. The first kappa shape index (κ1) is 21.2. The third kappa shape index (κ3) is 5.76. The molecule has 158 valence electrons. The molecule has 3 aromatic rings. The van der Waals surface area contributed by atoms with Gasteiger partial charge in [-0.05, 0) is 48.2 Å². The molecule has 4 rings (SSSR count). The fraction of sp³-hybridized carbons (Fsp3) is 0.231. The van der Waals surface area contributed by atoms with Gasteiger partial charge in [0, 0.05) is 30.1 Å². The first-order valence-electron chi connectivity index (χ1n) is 10.5. The number of nitrogens with zero attached hydrogens (tertiary/aromatic N) is 1. The number of thioether (sulfide) groups is 1. The lowest BCUT2D eigenvalue weighted by Crippen LogP contribution is -2.30. The molecule has 2 amide bonds. The van der Waals surface area contributed by atoms with E-state index < -0.39 is 0 Å². The SMILES string of the molecule is CN(Cc1ccc(C(=O)NC2CC2)cc1)C(=O)[C@H](Sc1ccccc1)c1ccccc1. The molecule has 1 aliphatic carbocycles. The van der Waals surface area contributed by atoms with Crippen molar-refractivity contribution in [3.8, 4) is 0 Å². The Morgan fingerprint density at radius 1 is 0.935 bits per heavy atom. The van der Waals surface area contributed by atoms with E-state index >= 15 is 0 Å². The van der Waals surface area contributed by atoms with Crippen LogP contribution in [-0.4, -0.2) is 29.8 Å². The molecule has 0 heterocycles. The summed E-state index contributed by atoms with van der Waals surface area (Å²) in [5.41, 5.74) is 2.64. The van der Waals surface area contributed by atoms with Crippen LogP contribution in [0.3, 0.4) is 0 Å². The lowest BCUT2D eigenvalue weighted by Gasteiger charge is -2.24. The average molecular weight is 431 g/mol. The van der Waals surface area contributed by atoms with Gasteiger partial charge in [-0.3, -0.25) is 9.59 Å². The molecule has 3 aromatic carbocycles. The second-order valence-electron chi connectivity index (χ2n) is 7.86. The van der Waals surface area contributed by atoms with E-state index in [0.717, 1.165) is 28.9 Å². The monoisotopic (exact) mass is 430 g/mol. The second-order valence-corrected chi connectivity index (χ2v) is 9.04. The number of nitrogens with one attached hydrogen (secondary N) is 1. The van der Waals surface area contributed by atoms with Crippen molar-refractivity contribution >= 4 is 23.6 Å². The topological polar surface area (TPSA) is 49.4 Å². The van der Waals surface area contributed by atoms with Gasteiger partial charge in [-0.15, -0.1) is 11.8 Å². The van der Waals surface area contributed by atoms with Gasteiger partial charge in [-0.1, -0.05) is 60.7 Å². The van der Waals surface area contributed by atoms with Crippen LogP contribution in [0.5, 0.6) is 0 Å².